The number of likely N-dealkylation sites (N-methyl/N-ethyl adjacent to an activating group) is 1. The van der Waals surface area contributed by atoms with Crippen LogP contribution in [0.2, 0.25) is 0 Å². The van der Waals surface area contributed by atoms with Gasteiger partial charge >= 0.3 is 0 Å². The van der Waals surface area contributed by atoms with Crippen LogP contribution in [0.5, 0.6) is 5.75 Å². The Balaban J connectivity index is 1.36. The van der Waals surface area contributed by atoms with Gasteiger partial charge in [0.15, 0.2) is 0 Å². The number of ether oxygens (including phenoxy) is 1. The number of aryl methyl sites for hydroxylation is 1. The van der Waals surface area contributed by atoms with E-state index in [-0.39, 0.29) is 24.4 Å². The van der Waals surface area contributed by atoms with Gasteiger partial charge in [-0.05, 0) is 73.0 Å². The average molecular weight is 447 g/mol. The van der Waals surface area contributed by atoms with Crippen LogP contribution in [0.1, 0.15) is 24.1 Å². The first-order valence-corrected chi connectivity index (χ1v) is 11.2. The molecular weight excluding hydrogens is 416 g/mol. The summed E-state index contributed by atoms with van der Waals surface area (Å²) in [6.07, 6.45) is 1.63. The second-order valence-electron chi connectivity index (χ2n) is 8.58. The van der Waals surface area contributed by atoms with Gasteiger partial charge in [-0.3, -0.25) is 14.5 Å². The van der Waals surface area contributed by atoms with Gasteiger partial charge in [0.2, 0.25) is 11.8 Å². The van der Waals surface area contributed by atoms with Crippen LogP contribution in [-0.2, 0) is 16.1 Å². The smallest absolute Gasteiger partial charge is 0.242 e. The number of nitrogens with one attached hydrogen (secondary N) is 1. The van der Waals surface area contributed by atoms with Crippen molar-refractivity contribution in [3.63, 3.8) is 0 Å². The van der Waals surface area contributed by atoms with Crippen LogP contribution in [0, 0.1) is 6.92 Å². The second-order valence-corrected chi connectivity index (χ2v) is 8.58. The highest BCUT2D eigenvalue weighted by atomic mass is 16.5. The fourth-order valence-electron chi connectivity index (χ4n) is 4.29. The van der Waals surface area contributed by atoms with Crippen LogP contribution < -0.4 is 10.1 Å². The van der Waals surface area contributed by atoms with Crippen molar-refractivity contribution in [2.75, 3.05) is 32.6 Å². The largest absolute Gasteiger partial charge is 0.497 e. The third-order valence-corrected chi connectivity index (χ3v) is 6.10. The number of aromatic nitrogens is 1. The van der Waals surface area contributed by atoms with Crippen molar-refractivity contribution in [2.24, 2.45) is 0 Å². The summed E-state index contributed by atoms with van der Waals surface area (Å²) in [6, 6.07) is 17.4. The first kappa shape index (κ1) is 22.7. The molecule has 3 aromatic rings. The number of rotatable bonds is 7. The molecular formula is C26H30N4O3. The molecule has 2 aromatic carbocycles. The summed E-state index contributed by atoms with van der Waals surface area (Å²) in [4.78, 5) is 33.8. The van der Waals surface area contributed by atoms with Crippen molar-refractivity contribution < 1.29 is 14.3 Å². The van der Waals surface area contributed by atoms with Crippen LogP contribution in [0.15, 0.2) is 54.6 Å². The number of carbonyl (C=O) groups is 2. The first-order chi connectivity index (χ1) is 15.9. The molecule has 7 heteroatoms. The Hall–Kier alpha value is -3.45. The van der Waals surface area contributed by atoms with E-state index >= 15 is 0 Å². The summed E-state index contributed by atoms with van der Waals surface area (Å²) in [5, 5.41) is 5.10. The van der Waals surface area contributed by atoms with E-state index in [1.807, 2.05) is 61.3 Å². The summed E-state index contributed by atoms with van der Waals surface area (Å²) in [5.74, 6) is 1.26. The lowest BCUT2D eigenvalue weighted by Gasteiger charge is -2.26. The zero-order valence-electron chi connectivity index (χ0n) is 19.4. The highest BCUT2D eigenvalue weighted by Crippen LogP contribution is 2.23. The zero-order valence-corrected chi connectivity index (χ0v) is 19.4. The van der Waals surface area contributed by atoms with Gasteiger partial charge in [-0.15, -0.1) is 0 Å². The molecule has 1 aliphatic heterocycles. The van der Waals surface area contributed by atoms with Crippen molar-refractivity contribution in [3.8, 4) is 5.75 Å². The van der Waals surface area contributed by atoms with Crippen LogP contribution in [0.3, 0.4) is 0 Å². The molecule has 33 heavy (non-hydrogen) atoms. The highest BCUT2D eigenvalue weighted by molar-refractivity contribution is 5.94. The number of likely N-dealkylation sites (tertiary alicyclic amines) is 1. The minimum Gasteiger partial charge on any atom is -0.497 e. The lowest BCUT2D eigenvalue weighted by molar-refractivity contribution is -0.132. The maximum absolute atomic E-state index is 12.9. The molecule has 1 N–H and O–H groups in total. The van der Waals surface area contributed by atoms with Crippen molar-refractivity contribution in [2.45, 2.75) is 32.4 Å². The van der Waals surface area contributed by atoms with Gasteiger partial charge in [-0.25, -0.2) is 4.98 Å². The molecule has 2 amide bonds. The third-order valence-electron chi connectivity index (χ3n) is 6.10. The fraction of sp³-hybridized carbons (Fsp3) is 0.346. The normalized spacial score (nSPS) is 16.0. The number of hydrogen-bond donors (Lipinski definition) is 1. The molecule has 1 aliphatic rings. The maximum atomic E-state index is 12.9. The molecule has 172 valence electrons. The minimum atomic E-state index is -0.319. The molecule has 0 saturated carbocycles. The van der Waals surface area contributed by atoms with E-state index < -0.39 is 0 Å². The standard InChI is InChI=1S/C26H30N4O3/c1-18-6-4-8-24(27-18)28-26(32)23-7-5-13-30(23)17-25(31)29(2)16-19-9-10-21-15-22(33-3)12-11-20(21)14-19/h4,6,8-12,14-15,23H,5,7,13,16-17H2,1-3H3,(H,27,28,32)/t23-/m0/s1. The Morgan fingerprint density at radius 3 is 2.73 bits per heavy atom. The zero-order chi connectivity index (χ0) is 23.4. The molecule has 0 bridgehead atoms. The molecule has 0 unspecified atom stereocenters. The number of pyridine rings is 1. The lowest BCUT2D eigenvalue weighted by Crippen LogP contribution is -2.45. The van der Waals surface area contributed by atoms with E-state index in [9.17, 15) is 9.59 Å². The van der Waals surface area contributed by atoms with Crippen LogP contribution in [0.25, 0.3) is 10.8 Å². The molecule has 1 fully saturated rings. The summed E-state index contributed by atoms with van der Waals surface area (Å²) in [6.45, 7) is 3.36. The number of fused-ring (bicyclic) bond motifs is 1. The predicted molar refractivity (Wildman–Crippen MR) is 129 cm³/mol. The average Bonchev–Trinajstić information content (AvgIpc) is 3.27. The number of benzene rings is 2. The fourth-order valence-corrected chi connectivity index (χ4v) is 4.29. The maximum Gasteiger partial charge on any atom is 0.242 e. The molecule has 0 aliphatic carbocycles. The molecule has 2 heterocycles. The topological polar surface area (TPSA) is 74.8 Å². The number of hydrogen-bond acceptors (Lipinski definition) is 5. The Labute approximate surface area is 194 Å². The number of amides is 2. The number of carbonyl (C=O) groups excluding carboxylic acids is 2. The van der Waals surface area contributed by atoms with E-state index in [4.69, 9.17) is 4.74 Å². The number of anilines is 1. The second kappa shape index (κ2) is 10.0. The van der Waals surface area contributed by atoms with Crippen molar-refractivity contribution >= 4 is 28.4 Å². The van der Waals surface area contributed by atoms with Crippen molar-refractivity contribution in [1.82, 2.24) is 14.8 Å². The molecule has 1 saturated heterocycles. The van der Waals surface area contributed by atoms with Crippen LogP contribution in [0.4, 0.5) is 5.82 Å². The highest BCUT2D eigenvalue weighted by Gasteiger charge is 2.32. The van der Waals surface area contributed by atoms with Gasteiger partial charge in [0, 0.05) is 19.3 Å². The molecule has 0 radical (unpaired) electrons. The van der Waals surface area contributed by atoms with Gasteiger partial charge in [-0.2, -0.15) is 0 Å². The van der Waals surface area contributed by atoms with Gasteiger partial charge in [-0.1, -0.05) is 24.3 Å². The third kappa shape index (κ3) is 5.49. The summed E-state index contributed by atoms with van der Waals surface area (Å²) >= 11 is 0. The van der Waals surface area contributed by atoms with Gasteiger partial charge in [0.05, 0.1) is 19.7 Å². The van der Waals surface area contributed by atoms with Crippen molar-refractivity contribution in [1.29, 1.82) is 0 Å². The van der Waals surface area contributed by atoms with E-state index in [0.717, 1.165) is 47.2 Å². The van der Waals surface area contributed by atoms with Crippen molar-refractivity contribution in [3.05, 3.63) is 65.9 Å². The van der Waals surface area contributed by atoms with E-state index in [0.29, 0.717) is 12.4 Å². The van der Waals surface area contributed by atoms with Gasteiger partial charge in [0.1, 0.15) is 11.6 Å². The van der Waals surface area contributed by atoms with Gasteiger partial charge in [0.25, 0.3) is 0 Å². The van der Waals surface area contributed by atoms with E-state index in [1.54, 1.807) is 18.1 Å². The molecule has 4 rings (SSSR count). The predicted octanol–water partition coefficient (Wildman–Crippen LogP) is 3.61. The summed E-state index contributed by atoms with van der Waals surface area (Å²) in [7, 11) is 3.46. The Morgan fingerprint density at radius 1 is 1.15 bits per heavy atom. The van der Waals surface area contributed by atoms with E-state index in [2.05, 4.69) is 16.4 Å². The molecule has 1 aromatic heterocycles. The monoisotopic (exact) mass is 446 g/mol. The van der Waals surface area contributed by atoms with E-state index in [1.165, 1.54) is 0 Å². The number of nitrogens with zero attached hydrogens (tertiary/aromatic N) is 3. The molecule has 0 spiro atoms. The Bertz CT molecular complexity index is 1160. The SMILES string of the molecule is COc1ccc2cc(CN(C)C(=O)CN3CCC[C@H]3C(=O)Nc3cccc(C)n3)ccc2c1. The lowest BCUT2D eigenvalue weighted by atomic mass is 10.1. The Kier molecular flexibility index (Phi) is 6.89. The summed E-state index contributed by atoms with van der Waals surface area (Å²) in [5.41, 5.74) is 1.91. The molecule has 1 atom stereocenters. The molecule has 7 nitrogen and oxygen atoms in total. The Morgan fingerprint density at radius 2 is 1.94 bits per heavy atom. The first-order valence-electron chi connectivity index (χ1n) is 11.2. The van der Waals surface area contributed by atoms with Crippen LogP contribution in [-0.4, -0.2) is 59.9 Å². The van der Waals surface area contributed by atoms with Gasteiger partial charge < -0.3 is 15.0 Å². The minimum absolute atomic E-state index is 0.00166. The van der Waals surface area contributed by atoms with Crippen LogP contribution >= 0.6 is 0 Å². The number of methoxy groups -OCH3 is 1. The quantitative estimate of drug-likeness (QED) is 0.600. The summed E-state index contributed by atoms with van der Waals surface area (Å²) < 4.78 is 5.29.